The molecule has 1 fully saturated rings. The highest BCUT2D eigenvalue weighted by atomic mass is 32.1. The largest absolute Gasteiger partial charge is 0.481 e. The van der Waals surface area contributed by atoms with Crippen molar-refractivity contribution in [1.82, 2.24) is 73.4 Å². The summed E-state index contributed by atoms with van der Waals surface area (Å²) < 4.78 is 0. The highest BCUT2D eigenvalue weighted by Gasteiger charge is 2.39. The number of hydrogen-bond acceptors (Lipinski definition) is 19. The van der Waals surface area contributed by atoms with Crippen LogP contribution < -0.4 is 70.0 Å². The first-order valence-corrected chi connectivity index (χ1v) is 34.0. The number of nitrogens with zero attached hydrogens (tertiary/aromatic N) is 2. The number of nitrogens with two attached hydrogens (primary N) is 2. The number of benzene rings is 1. The number of ketones is 1. The van der Waals surface area contributed by atoms with Gasteiger partial charge in [-0.3, -0.25) is 71.9 Å². The number of amides is 12. The molecular weight excluding hydrogens is 1310 g/mol. The Kier molecular flexibility index (Phi) is 33.7. The molecule has 12 atom stereocenters. The lowest BCUT2D eigenvalue weighted by Gasteiger charge is -2.30. The number of Topliss-reactive ketones (excluding diaryl/α,β-unsaturated/α-hetero) is 1. The fourth-order valence-electron chi connectivity index (χ4n) is 10.3. The van der Waals surface area contributed by atoms with Gasteiger partial charge in [0, 0.05) is 49.0 Å². The van der Waals surface area contributed by atoms with Gasteiger partial charge in [-0.2, -0.15) is 0 Å². The maximum Gasteiger partial charge on any atom is 0.305 e. The molecule has 3 heterocycles. The van der Waals surface area contributed by atoms with Crippen LogP contribution in [-0.2, 0) is 75.2 Å². The van der Waals surface area contributed by atoms with Crippen molar-refractivity contribution in [2.24, 2.45) is 35.1 Å². The number of aromatic nitrogens is 3. The van der Waals surface area contributed by atoms with E-state index in [9.17, 15) is 82.1 Å². The van der Waals surface area contributed by atoms with Gasteiger partial charge in [0.05, 0.1) is 19.2 Å². The second-order valence-corrected chi connectivity index (χ2v) is 26.1. The third kappa shape index (κ3) is 27.2. The normalized spacial score (nSPS) is 21.1. The number of nitrogens with one attached hydrogen (secondary N) is 12. The first-order chi connectivity index (χ1) is 46.8. The van der Waals surface area contributed by atoms with E-state index in [0.29, 0.717) is 12.0 Å². The monoisotopic (exact) mass is 1400 g/mol. The molecule has 1 saturated heterocycles. The van der Waals surface area contributed by atoms with Gasteiger partial charge in [-0.05, 0) is 81.2 Å². The molecular formula is C65H96N16O17S. The molecule has 2 aromatic heterocycles. The van der Waals surface area contributed by atoms with Crippen LogP contribution in [-0.4, -0.2) is 187 Å². The second-order valence-electron chi connectivity index (χ2n) is 25.3. The van der Waals surface area contributed by atoms with E-state index in [4.69, 9.17) is 11.5 Å². The van der Waals surface area contributed by atoms with Crippen LogP contribution in [0.3, 0.4) is 0 Å². The smallest absolute Gasteiger partial charge is 0.305 e. The van der Waals surface area contributed by atoms with Crippen LogP contribution in [0.4, 0.5) is 0 Å². The minimum absolute atomic E-state index is 0.00869. The standard InChI is InChI=1S/C65H96N16O17S/c1-9-35(7)52(81-57(91)41(21-22-49(83)84)72-58(92)42(25-33(3)4)74-62(96)47-31-99-65(79-47)53(87)36(8)10-2)64(98)73-39-19-14-15-24-69-54(88)45(28-48(67)82)76-61(95)46(29-50(85)86)77-60(94)44(27-38-30-68-32-70-38)75-59(93)43(26-37-17-12-11-13-18-37)78-63(97)51(34(5)6)80-56(90)40(20-16-23-66)71-55(39)89/h11-13,17-18,30-36,39-46,51-52H,9-10,14-16,19-29,66H2,1-8H3,(H2,67,82)(H,68,70)(H,69,88)(H,71,89)(H,72,92)(H,73,98)(H,74,96)(H,75,93)(H,76,95)(H,77,94)(H,78,97)(H,80,90)(H,81,91)(H,83,84)(H,85,86)/t35-,36-,39-,40+,41+,42-,43+,44-,45-,46+,51-,52-/m0/s1. The number of carboxylic acids is 2. The van der Waals surface area contributed by atoms with Crippen LogP contribution in [0.25, 0.3) is 0 Å². The molecule has 0 spiro atoms. The summed E-state index contributed by atoms with van der Waals surface area (Å²) in [6.45, 7) is 13.3. The molecule has 0 aliphatic carbocycles. The number of thiazole rings is 1. The lowest BCUT2D eigenvalue weighted by Crippen LogP contribution is -2.62. The minimum atomic E-state index is -1.95. The van der Waals surface area contributed by atoms with Crippen LogP contribution in [0, 0.1) is 23.7 Å². The van der Waals surface area contributed by atoms with Gasteiger partial charge in [-0.1, -0.05) is 92.1 Å². The van der Waals surface area contributed by atoms with Gasteiger partial charge in [0.15, 0.2) is 10.8 Å². The fourth-order valence-corrected chi connectivity index (χ4v) is 11.2. The van der Waals surface area contributed by atoms with Gasteiger partial charge in [0.1, 0.15) is 66.1 Å². The Morgan fingerprint density at radius 2 is 1.27 bits per heavy atom. The second kappa shape index (κ2) is 40.9. The Morgan fingerprint density at radius 3 is 1.86 bits per heavy atom. The van der Waals surface area contributed by atoms with E-state index < -0.39 is 181 Å². The Balaban J connectivity index is 1.76. The topological polar surface area (TPSA) is 522 Å². The first-order valence-electron chi connectivity index (χ1n) is 33.1. The van der Waals surface area contributed by atoms with Crippen LogP contribution >= 0.6 is 11.3 Å². The number of hydrogen-bond donors (Lipinski definition) is 16. The predicted molar refractivity (Wildman–Crippen MR) is 359 cm³/mol. The van der Waals surface area contributed by atoms with Gasteiger partial charge in [-0.15, -0.1) is 11.3 Å². The molecule has 12 amide bonds. The number of carbonyl (C=O) groups is 15. The fraction of sp³-hybridized carbons (Fsp3) is 0.585. The van der Waals surface area contributed by atoms with Crippen LogP contribution in [0.15, 0.2) is 48.2 Å². The van der Waals surface area contributed by atoms with E-state index in [0.717, 1.165) is 11.3 Å². The summed E-state index contributed by atoms with van der Waals surface area (Å²) in [6.07, 6.45) is -0.423. The third-order valence-corrected chi connectivity index (χ3v) is 17.3. The third-order valence-electron chi connectivity index (χ3n) is 16.4. The number of rotatable bonds is 30. The summed E-state index contributed by atoms with van der Waals surface area (Å²) in [6, 6.07) is -7.36. The molecule has 1 aliphatic heterocycles. The summed E-state index contributed by atoms with van der Waals surface area (Å²) in [5, 5.41) is 49.4. The van der Waals surface area contributed by atoms with Gasteiger partial charge >= 0.3 is 11.9 Å². The number of carbonyl (C=O) groups excluding carboxylic acids is 13. The van der Waals surface area contributed by atoms with Gasteiger partial charge < -0.3 is 85.1 Å². The van der Waals surface area contributed by atoms with Gasteiger partial charge in [0.2, 0.25) is 65.0 Å². The van der Waals surface area contributed by atoms with Crippen molar-refractivity contribution >= 4 is 99.9 Å². The van der Waals surface area contributed by atoms with Crippen molar-refractivity contribution in [3.63, 3.8) is 0 Å². The van der Waals surface area contributed by atoms with E-state index in [2.05, 4.69) is 73.4 Å². The molecule has 0 unspecified atom stereocenters. The van der Waals surface area contributed by atoms with E-state index in [1.165, 1.54) is 17.9 Å². The molecule has 33 nitrogen and oxygen atoms in total. The zero-order valence-corrected chi connectivity index (χ0v) is 57.8. The van der Waals surface area contributed by atoms with E-state index in [-0.39, 0.29) is 105 Å². The predicted octanol–water partition coefficient (Wildman–Crippen LogP) is -0.956. The number of H-pyrrole nitrogens is 1. The minimum Gasteiger partial charge on any atom is -0.481 e. The quantitative estimate of drug-likeness (QED) is 0.0358. The van der Waals surface area contributed by atoms with E-state index >= 15 is 0 Å². The molecule has 0 bridgehead atoms. The Bertz CT molecular complexity index is 3290. The lowest BCUT2D eigenvalue weighted by molar-refractivity contribution is -0.142. The molecule has 1 aromatic carbocycles. The average molecular weight is 1410 g/mol. The van der Waals surface area contributed by atoms with Crippen LogP contribution in [0.1, 0.15) is 164 Å². The summed E-state index contributed by atoms with van der Waals surface area (Å²) in [7, 11) is 0. The van der Waals surface area contributed by atoms with Crippen LogP contribution in [0.5, 0.6) is 0 Å². The number of carboxylic acid groups (broad SMARTS) is 2. The summed E-state index contributed by atoms with van der Waals surface area (Å²) >= 11 is 0.960. The lowest BCUT2D eigenvalue weighted by atomic mass is 9.96. The van der Waals surface area contributed by atoms with Crippen LogP contribution in [0.2, 0.25) is 0 Å². The van der Waals surface area contributed by atoms with Crippen molar-refractivity contribution in [3.8, 4) is 0 Å². The Labute approximate surface area is 577 Å². The van der Waals surface area contributed by atoms with Crippen molar-refractivity contribution < 1.29 is 82.1 Å². The molecule has 3 aromatic rings. The highest BCUT2D eigenvalue weighted by molar-refractivity contribution is 7.12. The van der Waals surface area contributed by atoms with Crippen molar-refractivity contribution in [3.05, 3.63) is 70.2 Å². The SMILES string of the molecule is CC[C@H](C)C(=O)c1nc(C(=O)N[C@@H](CC(C)C)C(=O)N[C@H](CCC(=O)O)C(=O)N[C@H](C(=O)N[C@H]2CCCCNC(=O)[C@H](CC(N)=O)NC(=O)[C@@H](CC(=O)O)NC(=O)[C@H](Cc3cnc[nH]3)NC(=O)[C@@H](Cc3ccccc3)NC(=O)[C@H](C(C)C)NC(=O)[C@@H](CCCN)NC2=O)[C@@H](C)CC)cs1. The molecule has 99 heavy (non-hydrogen) atoms. The maximum absolute atomic E-state index is 14.8. The number of primary amides is 1. The summed E-state index contributed by atoms with van der Waals surface area (Å²) in [5.41, 5.74) is 12.1. The first kappa shape index (κ1) is 81.7. The maximum atomic E-state index is 14.8. The summed E-state index contributed by atoms with van der Waals surface area (Å²) in [5.74, 6) is -17.0. The Hall–Kier alpha value is -9.73. The average Bonchev–Trinajstić information content (AvgIpc) is 1.62. The molecule has 0 saturated carbocycles. The number of imidazole rings is 1. The number of aromatic amines is 1. The molecule has 544 valence electrons. The highest BCUT2D eigenvalue weighted by Crippen LogP contribution is 2.19. The number of aliphatic carboxylic acids is 2. The molecule has 18 N–H and O–H groups in total. The van der Waals surface area contributed by atoms with Gasteiger partial charge in [-0.25, -0.2) is 9.97 Å². The van der Waals surface area contributed by atoms with Gasteiger partial charge in [0.25, 0.3) is 5.91 Å². The zero-order chi connectivity index (χ0) is 73.6. The van der Waals surface area contributed by atoms with Crippen molar-refractivity contribution in [1.29, 1.82) is 0 Å². The molecule has 34 heteroatoms. The van der Waals surface area contributed by atoms with E-state index in [1.54, 1.807) is 78.8 Å². The van der Waals surface area contributed by atoms with E-state index in [1.807, 2.05) is 6.92 Å². The zero-order valence-electron chi connectivity index (χ0n) is 57.0. The Morgan fingerprint density at radius 1 is 0.667 bits per heavy atom. The van der Waals surface area contributed by atoms with Crippen molar-refractivity contribution in [2.75, 3.05) is 13.1 Å². The molecule has 1 aliphatic rings. The summed E-state index contributed by atoms with van der Waals surface area (Å²) in [4.78, 5) is 218. The molecule has 0 radical (unpaired) electrons. The van der Waals surface area contributed by atoms with Crippen molar-refractivity contribution in [2.45, 2.75) is 206 Å². The molecule has 4 rings (SSSR count).